The zero-order valence-corrected chi connectivity index (χ0v) is 19.5. The first-order valence-electron chi connectivity index (χ1n) is 9.92. The summed E-state index contributed by atoms with van der Waals surface area (Å²) in [6.45, 7) is 1.85. The van der Waals surface area contributed by atoms with E-state index in [1.165, 1.54) is 12.3 Å². The standard InChI is InChI=1S/C24H21NO6S2/c1-16-19(15-31-23(16)24(26)25-33(27,28)22-4-3-13-32-22)14-30-21-11-7-18(8-12-21)17-5-9-20(29-2)10-6-17/h3-13,15H,14H2,1-2H3,(H,25,26). The Bertz CT molecular complexity index is 1340. The smallest absolute Gasteiger partial charge is 0.300 e. The van der Waals surface area contributed by atoms with Crippen LogP contribution in [0.4, 0.5) is 0 Å². The minimum atomic E-state index is -3.94. The molecule has 0 atom stereocenters. The molecule has 1 N–H and O–H groups in total. The number of benzene rings is 2. The number of ether oxygens (including phenoxy) is 2. The van der Waals surface area contributed by atoms with E-state index in [-0.39, 0.29) is 16.6 Å². The maximum atomic E-state index is 12.4. The summed E-state index contributed by atoms with van der Waals surface area (Å²) < 4.78 is 43.0. The summed E-state index contributed by atoms with van der Waals surface area (Å²) in [6, 6.07) is 18.4. The van der Waals surface area contributed by atoms with Gasteiger partial charge in [0.25, 0.3) is 10.0 Å². The Labute approximate surface area is 195 Å². The lowest BCUT2D eigenvalue weighted by atomic mass is 10.1. The molecule has 170 valence electrons. The monoisotopic (exact) mass is 483 g/mol. The Hall–Kier alpha value is -3.56. The predicted octanol–water partition coefficient (Wildman–Crippen LogP) is 5.02. The fourth-order valence-corrected chi connectivity index (χ4v) is 5.08. The van der Waals surface area contributed by atoms with Gasteiger partial charge in [-0.1, -0.05) is 30.3 Å². The molecule has 0 aliphatic carbocycles. The summed E-state index contributed by atoms with van der Waals surface area (Å²) >= 11 is 1.02. The van der Waals surface area contributed by atoms with Crippen molar-refractivity contribution in [2.24, 2.45) is 0 Å². The molecular weight excluding hydrogens is 462 g/mol. The fraction of sp³-hybridized carbons (Fsp3) is 0.125. The van der Waals surface area contributed by atoms with Crippen molar-refractivity contribution in [3.8, 4) is 22.6 Å². The number of methoxy groups -OCH3 is 1. The molecule has 4 aromatic rings. The second kappa shape index (κ2) is 9.51. The normalized spacial score (nSPS) is 11.2. The number of rotatable bonds is 8. The third kappa shape index (κ3) is 5.10. The van der Waals surface area contributed by atoms with Gasteiger partial charge in [0.1, 0.15) is 22.3 Å². The molecule has 33 heavy (non-hydrogen) atoms. The van der Waals surface area contributed by atoms with E-state index in [2.05, 4.69) is 0 Å². The topological polar surface area (TPSA) is 94.8 Å². The van der Waals surface area contributed by atoms with E-state index < -0.39 is 15.9 Å². The number of carbonyl (C=O) groups is 1. The Morgan fingerprint density at radius 1 is 1.00 bits per heavy atom. The van der Waals surface area contributed by atoms with E-state index in [1.54, 1.807) is 25.5 Å². The van der Waals surface area contributed by atoms with Crippen molar-refractivity contribution < 1.29 is 27.1 Å². The number of furan rings is 1. The van der Waals surface area contributed by atoms with Crippen LogP contribution in [0.3, 0.4) is 0 Å². The first-order valence-corrected chi connectivity index (χ1v) is 12.3. The van der Waals surface area contributed by atoms with E-state index in [4.69, 9.17) is 13.9 Å². The van der Waals surface area contributed by atoms with Crippen LogP contribution in [0.25, 0.3) is 11.1 Å². The van der Waals surface area contributed by atoms with Gasteiger partial charge in [0.2, 0.25) is 0 Å². The van der Waals surface area contributed by atoms with Crippen LogP contribution >= 0.6 is 11.3 Å². The molecule has 0 aliphatic rings. The SMILES string of the molecule is COc1ccc(-c2ccc(OCc3coc(C(=O)NS(=O)(=O)c4cccs4)c3C)cc2)cc1. The highest BCUT2D eigenvalue weighted by Crippen LogP contribution is 2.26. The maximum absolute atomic E-state index is 12.4. The lowest BCUT2D eigenvalue weighted by Crippen LogP contribution is -2.30. The van der Waals surface area contributed by atoms with Crippen molar-refractivity contribution >= 4 is 27.3 Å². The fourth-order valence-electron chi connectivity index (χ4n) is 3.14. The van der Waals surface area contributed by atoms with Crippen molar-refractivity contribution in [1.82, 2.24) is 4.72 Å². The minimum absolute atomic E-state index is 0.0571. The van der Waals surface area contributed by atoms with Crippen LogP contribution in [0.5, 0.6) is 11.5 Å². The number of amides is 1. The molecule has 0 saturated carbocycles. The highest BCUT2D eigenvalue weighted by Gasteiger charge is 2.24. The molecule has 0 saturated heterocycles. The van der Waals surface area contributed by atoms with Gasteiger partial charge in [0.15, 0.2) is 5.76 Å². The Morgan fingerprint density at radius 3 is 2.21 bits per heavy atom. The van der Waals surface area contributed by atoms with Gasteiger partial charge in [-0.2, -0.15) is 0 Å². The second-order valence-corrected chi connectivity index (χ2v) is 9.98. The number of carbonyl (C=O) groups excluding carboxylic acids is 1. The van der Waals surface area contributed by atoms with Crippen LogP contribution in [0.2, 0.25) is 0 Å². The van der Waals surface area contributed by atoms with Crippen LogP contribution in [0.15, 0.2) is 80.9 Å². The van der Waals surface area contributed by atoms with Crippen LogP contribution in [-0.4, -0.2) is 21.4 Å². The largest absolute Gasteiger partial charge is 0.497 e. The average molecular weight is 484 g/mol. The van der Waals surface area contributed by atoms with E-state index in [0.717, 1.165) is 28.2 Å². The van der Waals surface area contributed by atoms with E-state index >= 15 is 0 Å². The third-order valence-corrected chi connectivity index (χ3v) is 7.73. The Kier molecular flexibility index (Phi) is 6.52. The summed E-state index contributed by atoms with van der Waals surface area (Å²) in [5.74, 6) is 0.560. The van der Waals surface area contributed by atoms with E-state index in [1.807, 2.05) is 53.3 Å². The van der Waals surface area contributed by atoms with Gasteiger partial charge in [-0.3, -0.25) is 4.79 Å². The zero-order valence-electron chi connectivity index (χ0n) is 17.9. The van der Waals surface area contributed by atoms with Crippen LogP contribution in [0, 0.1) is 6.92 Å². The quantitative estimate of drug-likeness (QED) is 0.378. The minimum Gasteiger partial charge on any atom is -0.497 e. The number of thiophene rings is 1. The first kappa shape index (κ1) is 22.6. The number of sulfonamides is 1. The van der Waals surface area contributed by atoms with Crippen LogP contribution in [-0.2, 0) is 16.6 Å². The Morgan fingerprint density at radius 2 is 1.64 bits per heavy atom. The van der Waals surface area contributed by atoms with Gasteiger partial charge in [-0.25, -0.2) is 13.1 Å². The molecule has 0 fully saturated rings. The number of hydrogen-bond acceptors (Lipinski definition) is 7. The average Bonchev–Trinajstić information content (AvgIpc) is 3.49. The molecular formula is C24H21NO6S2. The van der Waals surface area contributed by atoms with Crippen molar-refractivity contribution in [1.29, 1.82) is 0 Å². The summed E-state index contributed by atoms with van der Waals surface area (Å²) in [6.07, 6.45) is 1.40. The van der Waals surface area contributed by atoms with Gasteiger partial charge in [-0.15, -0.1) is 11.3 Å². The van der Waals surface area contributed by atoms with Gasteiger partial charge in [0.05, 0.1) is 13.4 Å². The molecule has 9 heteroatoms. The zero-order chi connectivity index (χ0) is 23.4. The highest BCUT2D eigenvalue weighted by molar-refractivity contribution is 7.92. The van der Waals surface area contributed by atoms with Gasteiger partial charge in [-0.05, 0) is 53.8 Å². The summed E-state index contributed by atoms with van der Waals surface area (Å²) in [5.41, 5.74) is 3.26. The van der Waals surface area contributed by atoms with Gasteiger partial charge in [0, 0.05) is 11.1 Å². The third-order valence-electron chi connectivity index (χ3n) is 5.01. The molecule has 0 bridgehead atoms. The molecule has 0 unspecified atom stereocenters. The van der Waals surface area contributed by atoms with Crippen molar-refractivity contribution in [3.63, 3.8) is 0 Å². The molecule has 0 radical (unpaired) electrons. The van der Waals surface area contributed by atoms with Gasteiger partial charge >= 0.3 is 5.91 Å². The van der Waals surface area contributed by atoms with E-state index in [9.17, 15) is 13.2 Å². The number of nitrogens with one attached hydrogen (secondary N) is 1. The molecule has 4 rings (SSSR count). The molecule has 0 aliphatic heterocycles. The maximum Gasteiger partial charge on any atom is 0.300 e. The molecule has 7 nitrogen and oxygen atoms in total. The highest BCUT2D eigenvalue weighted by atomic mass is 32.2. The van der Waals surface area contributed by atoms with E-state index in [0.29, 0.717) is 16.9 Å². The summed E-state index contributed by atoms with van der Waals surface area (Å²) in [4.78, 5) is 12.4. The molecule has 1 amide bonds. The van der Waals surface area contributed by atoms with Crippen molar-refractivity contribution in [3.05, 3.63) is 89.2 Å². The Balaban J connectivity index is 1.39. The molecule has 0 spiro atoms. The molecule has 2 heterocycles. The number of hydrogen-bond donors (Lipinski definition) is 1. The van der Waals surface area contributed by atoms with Crippen LogP contribution in [0.1, 0.15) is 21.7 Å². The first-order chi connectivity index (χ1) is 15.9. The lowest BCUT2D eigenvalue weighted by molar-refractivity contribution is 0.0953. The summed E-state index contributed by atoms with van der Waals surface area (Å²) in [5, 5.41) is 1.62. The van der Waals surface area contributed by atoms with Crippen LogP contribution < -0.4 is 14.2 Å². The molecule has 2 aromatic heterocycles. The second-order valence-electron chi connectivity index (χ2n) is 7.12. The van der Waals surface area contributed by atoms with Crippen molar-refractivity contribution in [2.45, 2.75) is 17.7 Å². The summed E-state index contributed by atoms with van der Waals surface area (Å²) in [7, 11) is -2.31. The predicted molar refractivity (Wildman–Crippen MR) is 125 cm³/mol. The van der Waals surface area contributed by atoms with Gasteiger partial charge < -0.3 is 13.9 Å². The lowest BCUT2D eigenvalue weighted by Gasteiger charge is -2.08. The molecule has 2 aromatic carbocycles. The van der Waals surface area contributed by atoms with Crippen molar-refractivity contribution in [2.75, 3.05) is 7.11 Å².